The van der Waals surface area contributed by atoms with E-state index in [1.165, 1.54) is 16.3 Å². The van der Waals surface area contributed by atoms with Gasteiger partial charge in [-0.05, 0) is 83.6 Å². The van der Waals surface area contributed by atoms with Crippen LogP contribution in [0.15, 0.2) is 188 Å². The number of aromatic nitrogens is 5. The van der Waals surface area contributed by atoms with Crippen LogP contribution in [0, 0.1) is 13.5 Å². The first-order valence-electron chi connectivity index (χ1n) is 19.6. The van der Waals surface area contributed by atoms with Crippen molar-refractivity contribution in [1.82, 2.24) is 24.1 Å². The number of fused-ring (bicyclic) bond motifs is 6. The predicted molar refractivity (Wildman–Crippen MR) is 241 cm³/mol. The SMILES string of the molecule is [C-]#[N+]c1ccc2c(c1)c1cc(-c3ccc(-n4c5ccccc5c5ccccc54)c(-c4nc(-c5ccccc5)nc(-c5ccccc5)n4)c3)ccc1n2-c1ccccc1C. The summed E-state index contributed by atoms with van der Waals surface area (Å²) in [7, 11) is 0. The van der Waals surface area contributed by atoms with Crippen LogP contribution in [0.2, 0.25) is 0 Å². The lowest BCUT2D eigenvalue weighted by Gasteiger charge is -2.16. The standard InChI is InChI=1S/C53H34N6/c1-34-15-9-12-22-45(34)58-48-28-25-37(31-42(48)43-33-39(54-2)27-30-49(43)58)38-26-29-50(59-46-23-13-10-20-40(46)41-21-11-14-24-47(41)59)44(32-38)53-56-51(35-16-5-3-6-17-35)55-52(57-53)36-18-7-4-8-19-36/h3-33H,1H3. The fraction of sp³-hybridized carbons (Fsp3) is 0.0189. The van der Waals surface area contributed by atoms with Crippen LogP contribution in [0.1, 0.15) is 5.56 Å². The quantitative estimate of drug-likeness (QED) is 0.159. The summed E-state index contributed by atoms with van der Waals surface area (Å²) in [4.78, 5) is 19.3. The van der Waals surface area contributed by atoms with E-state index in [0.29, 0.717) is 23.2 Å². The molecule has 0 saturated carbocycles. The Hall–Kier alpha value is -8.14. The Kier molecular flexibility index (Phi) is 7.99. The van der Waals surface area contributed by atoms with Crippen molar-refractivity contribution >= 4 is 49.3 Å². The number of hydrogen-bond acceptors (Lipinski definition) is 3. The van der Waals surface area contributed by atoms with Crippen molar-refractivity contribution in [2.24, 2.45) is 0 Å². The van der Waals surface area contributed by atoms with Gasteiger partial charge in [0.15, 0.2) is 23.2 Å². The van der Waals surface area contributed by atoms with E-state index in [1.54, 1.807) is 0 Å². The van der Waals surface area contributed by atoms with E-state index in [4.69, 9.17) is 21.5 Å². The Labute approximate surface area is 340 Å². The van der Waals surface area contributed by atoms with Gasteiger partial charge in [-0.15, -0.1) is 0 Å². The first kappa shape index (κ1) is 34.1. The summed E-state index contributed by atoms with van der Waals surface area (Å²) >= 11 is 0. The van der Waals surface area contributed by atoms with Crippen molar-refractivity contribution in [1.29, 1.82) is 0 Å². The third kappa shape index (κ3) is 5.68. The van der Waals surface area contributed by atoms with Crippen molar-refractivity contribution in [2.45, 2.75) is 6.92 Å². The van der Waals surface area contributed by atoms with Gasteiger partial charge in [0.05, 0.1) is 34.3 Å². The van der Waals surface area contributed by atoms with E-state index in [0.717, 1.165) is 72.0 Å². The summed E-state index contributed by atoms with van der Waals surface area (Å²) in [6, 6.07) is 65.1. The predicted octanol–water partition coefficient (Wildman–Crippen LogP) is 13.6. The second-order valence-electron chi connectivity index (χ2n) is 14.8. The van der Waals surface area contributed by atoms with Gasteiger partial charge < -0.3 is 9.13 Å². The van der Waals surface area contributed by atoms with Gasteiger partial charge in [-0.2, -0.15) is 0 Å². The van der Waals surface area contributed by atoms with Gasteiger partial charge in [-0.1, -0.05) is 133 Å². The molecule has 0 unspecified atom stereocenters. The summed E-state index contributed by atoms with van der Waals surface area (Å²) in [6.07, 6.45) is 0. The molecule has 3 aromatic heterocycles. The minimum absolute atomic E-state index is 0.579. The van der Waals surface area contributed by atoms with Gasteiger partial charge in [0.25, 0.3) is 0 Å². The highest BCUT2D eigenvalue weighted by Gasteiger charge is 2.21. The van der Waals surface area contributed by atoms with Crippen molar-refractivity contribution < 1.29 is 0 Å². The Bertz CT molecular complexity index is 3350. The molecule has 0 fully saturated rings. The molecule has 11 aromatic rings. The highest BCUT2D eigenvalue weighted by molar-refractivity contribution is 6.12. The highest BCUT2D eigenvalue weighted by atomic mass is 15.1. The molecule has 0 aliphatic carbocycles. The highest BCUT2D eigenvalue weighted by Crippen LogP contribution is 2.41. The zero-order valence-corrected chi connectivity index (χ0v) is 32.1. The molecule has 0 amide bonds. The van der Waals surface area contributed by atoms with Crippen LogP contribution >= 0.6 is 0 Å². The molecule has 11 rings (SSSR count). The molecule has 0 aliphatic heterocycles. The van der Waals surface area contributed by atoms with Crippen molar-refractivity contribution in [3.63, 3.8) is 0 Å². The van der Waals surface area contributed by atoms with Gasteiger partial charge in [0.1, 0.15) is 0 Å². The zero-order chi connectivity index (χ0) is 39.5. The molecule has 276 valence electrons. The minimum Gasteiger partial charge on any atom is -0.309 e. The lowest BCUT2D eigenvalue weighted by Crippen LogP contribution is -2.04. The molecule has 0 bridgehead atoms. The van der Waals surface area contributed by atoms with Gasteiger partial charge in [0, 0.05) is 38.5 Å². The van der Waals surface area contributed by atoms with E-state index in [2.05, 4.69) is 136 Å². The van der Waals surface area contributed by atoms with Gasteiger partial charge in [-0.3, -0.25) is 0 Å². The van der Waals surface area contributed by atoms with Gasteiger partial charge >= 0.3 is 0 Å². The number of para-hydroxylation sites is 3. The fourth-order valence-electron chi connectivity index (χ4n) is 8.54. The molecule has 0 spiro atoms. The largest absolute Gasteiger partial charge is 0.309 e. The summed E-state index contributed by atoms with van der Waals surface area (Å²) in [5.41, 5.74) is 13.0. The summed E-state index contributed by atoms with van der Waals surface area (Å²) < 4.78 is 4.65. The molecule has 3 heterocycles. The summed E-state index contributed by atoms with van der Waals surface area (Å²) in [6.45, 7) is 9.98. The second kappa shape index (κ2) is 13.8. The third-order valence-electron chi connectivity index (χ3n) is 11.3. The average Bonchev–Trinajstić information content (AvgIpc) is 3.81. The average molecular weight is 755 g/mol. The smallest absolute Gasteiger partial charge is 0.188 e. The monoisotopic (exact) mass is 754 g/mol. The molecule has 0 aliphatic rings. The summed E-state index contributed by atoms with van der Waals surface area (Å²) in [5.74, 6) is 1.79. The Morgan fingerprint density at radius 2 is 0.881 bits per heavy atom. The molecule has 0 saturated heterocycles. The molecule has 6 nitrogen and oxygen atoms in total. The number of nitrogens with zero attached hydrogens (tertiary/aromatic N) is 6. The molecule has 8 aromatic carbocycles. The molecular formula is C53H34N6. The lowest BCUT2D eigenvalue weighted by atomic mass is 9.99. The van der Waals surface area contributed by atoms with E-state index in [-0.39, 0.29) is 0 Å². The van der Waals surface area contributed by atoms with Crippen LogP contribution in [0.4, 0.5) is 5.69 Å². The minimum atomic E-state index is 0.579. The van der Waals surface area contributed by atoms with Crippen LogP contribution in [-0.4, -0.2) is 24.1 Å². The summed E-state index contributed by atoms with van der Waals surface area (Å²) in [5, 5.41) is 4.48. The molecule has 6 heteroatoms. The Balaban J connectivity index is 1.19. The number of rotatable bonds is 6. The van der Waals surface area contributed by atoms with Crippen molar-refractivity contribution in [3.05, 3.63) is 205 Å². The maximum atomic E-state index is 7.83. The van der Waals surface area contributed by atoms with Crippen LogP contribution in [0.25, 0.3) is 105 Å². The molecular weight excluding hydrogens is 721 g/mol. The van der Waals surface area contributed by atoms with E-state index in [9.17, 15) is 0 Å². The third-order valence-corrected chi connectivity index (χ3v) is 11.3. The molecule has 0 atom stereocenters. The molecule has 59 heavy (non-hydrogen) atoms. The van der Waals surface area contributed by atoms with Gasteiger partial charge in [-0.25, -0.2) is 19.8 Å². The Morgan fingerprint density at radius 1 is 0.390 bits per heavy atom. The first-order chi connectivity index (χ1) is 29.1. The lowest BCUT2D eigenvalue weighted by molar-refractivity contribution is 1.06. The molecule has 0 N–H and O–H groups in total. The van der Waals surface area contributed by atoms with E-state index >= 15 is 0 Å². The Morgan fingerprint density at radius 3 is 1.53 bits per heavy atom. The van der Waals surface area contributed by atoms with E-state index < -0.39 is 0 Å². The maximum Gasteiger partial charge on any atom is 0.188 e. The number of benzene rings is 8. The topological polar surface area (TPSA) is 52.9 Å². The van der Waals surface area contributed by atoms with E-state index in [1.807, 2.05) is 72.8 Å². The van der Waals surface area contributed by atoms with Crippen molar-refractivity contribution in [3.8, 4) is 56.7 Å². The van der Waals surface area contributed by atoms with Crippen LogP contribution < -0.4 is 0 Å². The van der Waals surface area contributed by atoms with Crippen molar-refractivity contribution in [2.75, 3.05) is 0 Å². The van der Waals surface area contributed by atoms with Crippen LogP contribution in [-0.2, 0) is 0 Å². The van der Waals surface area contributed by atoms with Crippen LogP contribution in [0.5, 0.6) is 0 Å². The second-order valence-corrected chi connectivity index (χ2v) is 14.8. The fourth-order valence-corrected chi connectivity index (χ4v) is 8.54. The molecule has 0 radical (unpaired) electrons. The first-order valence-corrected chi connectivity index (χ1v) is 19.6. The number of hydrogen-bond donors (Lipinski definition) is 0. The van der Waals surface area contributed by atoms with Crippen LogP contribution in [0.3, 0.4) is 0 Å². The normalized spacial score (nSPS) is 11.5. The number of aryl methyl sites for hydroxylation is 1. The zero-order valence-electron chi connectivity index (χ0n) is 32.1. The van der Waals surface area contributed by atoms with Gasteiger partial charge in [0.2, 0.25) is 0 Å². The maximum absolute atomic E-state index is 7.83.